The number of pyridine rings is 1. The standard InChI is InChI=1S/C21H28N4O2S/c1-16-5-7-19(8-6-16)23-20-13-17(2)22-21(14-20)18-9-12-25(15-18)28(26,27)24-10-3-4-11-24/h5-8,13-14,18H,3-4,9-12,15H2,1-2H3,(H,22,23)/t18-/m1/s1. The normalized spacial score (nSPS) is 21.3. The average Bonchev–Trinajstić information content (AvgIpc) is 3.36. The molecule has 2 aliphatic rings. The molecule has 3 heterocycles. The fourth-order valence-electron chi connectivity index (χ4n) is 4.04. The average molecular weight is 401 g/mol. The van der Waals surface area contributed by atoms with Crippen molar-refractivity contribution in [2.24, 2.45) is 0 Å². The lowest BCUT2D eigenvalue weighted by molar-refractivity contribution is 0.395. The van der Waals surface area contributed by atoms with Crippen molar-refractivity contribution in [1.29, 1.82) is 0 Å². The summed E-state index contributed by atoms with van der Waals surface area (Å²) in [6.45, 7) is 6.44. The summed E-state index contributed by atoms with van der Waals surface area (Å²) < 4.78 is 28.9. The van der Waals surface area contributed by atoms with Gasteiger partial charge in [0.25, 0.3) is 10.2 Å². The van der Waals surface area contributed by atoms with Crippen LogP contribution in [-0.2, 0) is 10.2 Å². The SMILES string of the molecule is Cc1ccc(Nc2cc(C)nc([C@@H]3CCN(S(=O)(=O)N4CCCC4)C3)c2)cc1. The Morgan fingerprint density at radius 2 is 1.68 bits per heavy atom. The summed E-state index contributed by atoms with van der Waals surface area (Å²) >= 11 is 0. The summed E-state index contributed by atoms with van der Waals surface area (Å²) in [6, 6.07) is 12.4. The van der Waals surface area contributed by atoms with Crippen LogP contribution in [0.25, 0.3) is 0 Å². The van der Waals surface area contributed by atoms with Gasteiger partial charge in [0, 0.05) is 54.9 Å². The van der Waals surface area contributed by atoms with Crippen LogP contribution in [0.5, 0.6) is 0 Å². The first-order chi connectivity index (χ1) is 13.4. The fourth-order valence-corrected chi connectivity index (χ4v) is 5.79. The van der Waals surface area contributed by atoms with Gasteiger partial charge in [0.1, 0.15) is 0 Å². The summed E-state index contributed by atoms with van der Waals surface area (Å²) in [5.74, 6) is 0.135. The molecule has 0 saturated carbocycles. The van der Waals surface area contributed by atoms with Crippen molar-refractivity contribution in [3.05, 3.63) is 53.3 Å². The summed E-state index contributed by atoms with van der Waals surface area (Å²) in [5.41, 5.74) is 5.16. The Labute approximate surface area is 167 Å². The molecule has 1 aromatic heterocycles. The Hall–Kier alpha value is -1.96. The van der Waals surface area contributed by atoms with Gasteiger partial charge < -0.3 is 5.32 Å². The zero-order chi connectivity index (χ0) is 19.7. The van der Waals surface area contributed by atoms with E-state index in [4.69, 9.17) is 4.98 Å². The number of aromatic nitrogens is 1. The van der Waals surface area contributed by atoms with E-state index in [0.29, 0.717) is 26.2 Å². The van der Waals surface area contributed by atoms with E-state index in [2.05, 4.69) is 42.6 Å². The predicted octanol–water partition coefficient (Wildman–Crippen LogP) is 3.57. The first kappa shape index (κ1) is 19.4. The Bertz CT molecular complexity index is 937. The molecule has 7 heteroatoms. The smallest absolute Gasteiger partial charge is 0.281 e. The molecular formula is C21H28N4O2S. The van der Waals surface area contributed by atoms with Crippen LogP contribution < -0.4 is 5.32 Å². The second-order valence-electron chi connectivity index (χ2n) is 7.87. The van der Waals surface area contributed by atoms with Gasteiger partial charge in [-0.05, 0) is 57.4 Å². The minimum atomic E-state index is -3.33. The Kier molecular flexibility index (Phi) is 5.40. The molecule has 1 aromatic carbocycles. The number of hydrogen-bond donors (Lipinski definition) is 1. The molecule has 0 spiro atoms. The molecule has 1 N–H and O–H groups in total. The van der Waals surface area contributed by atoms with Crippen LogP contribution in [0.4, 0.5) is 11.4 Å². The molecule has 4 rings (SSSR count). The van der Waals surface area contributed by atoms with Gasteiger partial charge in [0.2, 0.25) is 0 Å². The number of nitrogens with one attached hydrogen (secondary N) is 1. The van der Waals surface area contributed by atoms with Crippen LogP contribution >= 0.6 is 0 Å². The van der Waals surface area contributed by atoms with Gasteiger partial charge in [-0.1, -0.05) is 17.7 Å². The highest BCUT2D eigenvalue weighted by Crippen LogP contribution is 2.31. The number of aryl methyl sites for hydroxylation is 2. The van der Waals surface area contributed by atoms with E-state index in [-0.39, 0.29) is 5.92 Å². The second-order valence-corrected chi connectivity index (χ2v) is 9.80. The molecule has 0 amide bonds. The monoisotopic (exact) mass is 400 g/mol. The van der Waals surface area contributed by atoms with E-state index >= 15 is 0 Å². The zero-order valence-electron chi connectivity index (χ0n) is 16.6. The summed E-state index contributed by atoms with van der Waals surface area (Å²) in [5, 5.41) is 3.44. The lowest BCUT2D eigenvalue weighted by Crippen LogP contribution is -2.41. The highest BCUT2D eigenvalue weighted by Gasteiger charge is 2.37. The largest absolute Gasteiger partial charge is 0.355 e. The summed E-state index contributed by atoms with van der Waals surface area (Å²) in [6.07, 6.45) is 2.74. The minimum absolute atomic E-state index is 0.135. The Morgan fingerprint density at radius 1 is 0.964 bits per heavy atom. The molecule has 2 saturated heterocycles. The van der Waals surface area contributed by atoms with Crippen molar-refractivity contribution in [3.63, 3.8) is 0 Å². The van der Waals surface area contributed by atoms with Gasteiger partial charge in [0.15, 0.2) is 0 Å². The van der Waals surface area contributed by atoms with Crippen molar-refractivity contribution < 1.29 is 8.42 Å². The van der Waals surface area contributed by atoms with Crippen LogP contribution in [0.1, 0.15) is 42.1 Å². The molecule has 0 aliphatic carbocycles. The molecule has 0 bridgehead atoms. The Morgan fingerprint density at radius 3 is 2.39 bits per heavy atom. The third-order valence-electron chi connectivity index (χ3n) is 5.60. The maximum Gasteiger partial charge on any atom is 0.281 e. The van der Waals surface area contributed by atoms with Gasteiger partial charge in [0.05, 0.1) is 0 Å². The third kappa shape index (κ3) is 4.06. The number of anilines is 2. The van der Waals surface area contributed by atoms with Gasteiger partial charge in [-0.3, -0.25) is 4.98 Å². The molecule has 1 atom stereocenters. The van der Waals surface area contributed by atoms with Crippen molar-refractivity contribution in [2.45, 2.75) is 39.0 Å². The molecule has 2 fully saturated rings. The maximum absolute atomic E-state index is 12.8. The molecule has 2 aromatic rings. The van der Waals surface area contributed by atoms with Crippen LogP contribution in [0.15, 0.2) is 36.4 Å². The lowest BCUT2D eigenvalue weighted by atomic mass is 10.0. The second kappa shape index (κ2) is 7.81. The van der Waals surface area contributed by atoms with Crippen LogP contribution in [-0.4, -0.2) is 48.2 Å². The van der Waals surface area contributed by atoms with Crippen LogP contribution in [0.2, 0.25) is 0 Å². The van der Waals surface area contributed by atoms with Gasteiger partial charge >= 0.3 is 0 Å². The first-order valence-corrected chi connectivity index (χ1v) is 11.4. The topological polar surface area (TPSA) is 65.5 Å². The van der Waals surface area contributed by atoms with Gasteiger partial charge in [-0.25, -0.2) is 0 Å². The zero-order valence-corrected chi connectivity index (χ0v) is 17.4. The van der Waals surface area contributed by atoms with Crippen molar-refractivity contribution >= 4 is 21.6 Å². The van der Waals surface area contributed by atoms with E-state index in [1.54, 1.807) is 8.61 Å². The van der Waals surface area contributed by atoms with Gasteiger partial charge in [-0.15, -0.1) is 0 Å². The number of benzene rings is 1. The molecule has 150 valence electrons. The molecule has 28 heavy (non-hydrogen) atoms. The quantitative estimate of drug-likeness (QED) is 0.833. The number of hydrogen-bond acceptors (Lipinski definition) is 4. The molecule has 0 radical (unpaired) electrons. The van der Waals surface area contributed by atoms with E-state index in [1.807, 2.05) is 13.0 Å². The highest BCUT2D eigenvalue weighted by molar-refractivity contribution is 7.86. The van der Waals surface area contributed by atoms with Crippen LogP contribution in [0, 0.1) is 13.8 Å². The fraction of sp³-hybridized carbons (Fsp3) is 0.476. The molecular weight excluding hydrogens is 372 g/mol. The minimum Gasteiger partial charge on any atom is -0.355 e. The lowest BCUT2D eigenvalue weighted by Gasteiger charge is -2.23. The summed E-state index contributed by atoms with van der Waals surface area (Å²) in [4.78, 5) is 4.71. The molecule has 2 aliphatic heterocycles. The van der Waals surface area contributed by atoms with Crippen LogP contribution in [0.3, 0.4) is 0 Å². The van der Waals surface area contributed by atoms with E-state index < -0.39 is 10.2 Å². The number of nitrogens with zero attached hydrogens (tertiary/aromatic N) is 3. The van der Waals surface area contributed by atoms with Crippen molar-refractivity contribution in [2.75, 3.05) is 31.5 Å². The number of rotatable bonds is 5. The van der Waals surface area contributed by atoms with Crippen molar-refractivity contribution in [3.8, 4) is 0 Å². The van der Waals surface area contributed by atoms with E-state index in [0.717, 1.165) is 42.0 Å². The third-order valence-corrected chi connectivity index (χ3v) is 7.60. The van der Waals surface area contributed by atoms with E-state index in [1.165, 1.54) is 5.56 Å². The van der Waals surface area contributed by atoms with E-state index in [9.17, 15) is 8.42 Å². The molecule has 6 nitrogen and oxygen atoms in total. The maximum atomic E-state index is 12.8. The molecule has 0 unspecified atom stereocenters. The Balaban J connectivity index is 1.50. The predicted molar refractivity (Wildman–Crippen MR) is 112 cm³/mol. The van der Waals surface area contributed by atoms with Crippen molar-refractivity contribution in [1.82, 2.24) is 13.6 Å². The first-order valence-electron chi connectivity index (χ1n) is 9.99. The highest BCUT2D eigenvalue weighted by atomic mass is 32.2. The summed E-state index contributed by atoms with van der Waals surface area (Å²) in [7, 11) is -3.33. The van der Waals surface area contributed by atoms with Gasteiger partial charge in [-0.2, -0.15) is 17.0 Å².